The van der Waals surface area contributed by atoms with Gasteiger partial charge in [0.2, 0.25) is 0 Å². The fourth-order valence-electron chi connectivity index (χ4n) is 4.05. The first-order valence-electron chi connectivity index (χ1n) is 10.8. The highest BCUT2D eigenvalue weighted by Crippen LogP contribution is 2.25. The average Bonchev–Trinajstić information content (AvgIpc) is 3.38. The number of carbonyl (C=O) groups excluding carboxylic acids is 3. The van der Waals surface area contributed by atoms with Crippen molar-refractivity contribution in [1.82, 2.24) is 20.2 Å². The number of para-hydroxylation sites is 2. The predicted molar refractivity (Wildman–Crippen MR) is 124 cm³/mol. The Morgan fingerprint density at radius 3 is 2.48 bits per heavy atom. The number of rotatable bonds is 6. The van der Waals surface area contributed by atoms with Crippen LogP contribution in [0.25, 0.3) is 11.0 Å². The average molecular weight is 438 g/mol. The molecule has 5 rings (SSSR count). The van der Waals surface area contributed by atoms with Gasteiger partial charge in [-0.3, -0.25) is 19.3 Å². The highest BCUT2D eigenvalue weighted by molar-refractivity contribution is 6.22. The van der Waals surface area contributed by atoms with Crippen molar-refractivity contribution in [2.45, 2.75) is 19.4 Å². The number of hydrogen-bond acceptors (Lipinski definition) is 4. The number of fused-ring (bicyclic) bond motifs is 2. The molecule has 1 aromatic heterocycles. The monoisotopic (exact) mass is 438 g/mol. The Hall–Kier alpha value is -4.26. The second kappa shape index (κ2) is 8.35. The van der Waals surface area contributed by atoms with Crippen LogP contribution in [0.3, 0.4) is 0 Å². The molecule has 3 aromatic carbocycles. The molecule has 0 radical (unpaired) electrons. The van der Waals surface area contributed by atoms with Gasteiger partial charge in [-0.1, -0.05) is 42.5 Å². The van der Waals surface area contributed by atoms with Gasteiger partial charge in [0.15, 0.2) is 0 Å². The third-order valence-electron chi connectivity index (χ3n) is 5.87. The summed E-state index contributed by atoms with van der Waals surface area (Å²) < 4.78 is 0. The van der Waals surface area contributed by atoms with E-state index in [2.05, 4.69) is 15.3 Å². The molecule has 2 heterocycles. The van der Waals surface area contributed by atoms with Gasteiger partial charge in [-0.15, -0.1) is 0 Å². The maximum Gasteiger partial charge on any atom is 0.261 e. The highest BCUT2D eigenvalue weighted by Gasteiger charge is 2.35. The van der Waals surface area contributed by atoms with E-state index >= 15 is 0 Å². The Kier molecular flexibility index (Phi) is 5.22. The van der Waals surface area contributed by atoms with Crippen LogP contribution in [0.5, 0.6) is 0 Å². The van der Waals surface area contributed by atoms with Crippen LogP contribution in [0.2, 0.25) is 0 Å². The summed E-state index contributed by atoms with van der Waals surface area (Å²) in [7, 11) is 0. The van der Waals surface area contributed by atoms with E-state index in [1.807, 2.05) is 61.5 Å². The van der Waals surface area contributed by atoms with Gasteiger partial charge in [0.05, 0.1) is 28.2 Å². The Morgan fingerprint density at radius 2 is 1.70 bits per heavy atom. The molecule has 0 saturated carbocycles. The number of nitrogens with one attached hydrogen (secondary N) is 2. The van der Waals surface area contributed by atoms with Gasteiger partial charge in [0, 0.05) is 12.1 Å². The molecule has 0 fully saturated rings. The minimum atomic E-state index is -0.370. The lowest BCUT2D eigenvalue weighted by Gasteiger charge is -2.13. The lowest BCUT2D eigenvalue weighted by molar-refractivity contribution is 0.0656. The van der Waals surface area contributed by atoms with Crippen molar-refractivity contribution < 1.29 is 14.4 Å². The predicted octanol–water partition coefficient (Wildman–Crippen LogP) is 3.89. The lowest BCUT2D eigenvalue weighted by atomic mass is 10.1. The lowest BCUT2D eigenvalue weighted by Crippen LogP contribution is -2.31. The third kappa shape index (κ3) is 3.89. The number of imide groups is 1. The maximum atomic E-state index is 12.9. The second-order valence-electron chi connectivity index (χ2n) is 8.09. The van der Waals surface area contributed by atoms with Gasteiger partial charge < -0.3 is 10.3 Å². The van der Waals surface area contributed by atoms with E-state index in [0.29, 0.717) is 29.9 Å². The third-order valence-corrected chi connectivity index (χ3v) is 5.87. The number of carbonyl (C=O) groups is 3. The Bertz CT molecular complexity index is 1340. The fourth-order valence-corrected chi connectivity index (χ4v) is 4.05. The highest BCUT2D eigenvalue weighted by atomic mass is 16.2. The number of amides is 3. The first-order chi connectivity index (χ1) is 16.0. The molecular formula is C26H22N4O3. The number of H-pyrrole nitrogens is 1. The summed E-state index contributed by atoms with van der Waals surface area (Å²) in [6, 6.07) is 21.6. The quantitative estimate of drug-likeness (QED) is 0.447. The summed E-state index contributed by atoms with van der Waals surface area (Å²) in [5.41, 5.74) is 3.68. The van der Waals surface area contributed by atoms with E-state index in [1.54, 1.807) is 12.1 Å². The molecule has 1 aliphatic heterocycles. The first-order valence-corrected chi connectivity index (χ1v) is 10.8. The summed E-state index contributed by atoms with van der Waals surface area (Å²) in [5, 5.41) is 2.91. The Labute approximate surface area is 190 Å². The molecule has 33 heavy (non-hydrogen) atoms. The molecule has 0 spiro atoms. The van der Waals surface area contributed by atoms with Crippen LogP contribution in [-0.2, 0) is 6.42 Å². The molecule has 2 N–H and O–H groups in total. The molecule has 0 aliphatic carbocycles. The second-order valence-corrected chi connectivity index (χ2v) is 8.09. The molecular weight excluding hydrogens is 416 g/mol. The Balaban J connectivity index is 1.30. The normalized spacial score (nSPS) is 13.9. The largest absolute Gasteiger partial charge is 0.342 e. The molecule has 7 heteroatoms. The summed E-state index contributed by atoms with van der Waals surface area (Å²) in [6.45, 7) is 2.13. The summed E-state index contributed by atoms with van der Waals surface area (Å²) in [6.07, 6.45) is 0.578. The van der Waals surface area contributed by atoms with Crippen molar-refractivity contribution in [2.75, 3.05) is 6.54 Å². The molecule has 4 aromatic rings. The molecule has 0 saturated heterocycles. The van der Waals surface area contributed by atoms with Crippen LogP contribution in [0.1, 0.15) is 55.4 Å². The molecule has 1 unspecified atom stereocenters. The number of aromatic amines is 1. The summed E-state index contributed by atoms with van der Waals surface area (Å²) >= 11 is 0. The van der Waals surface area contributed by atoms with Crippen LogP contribution in [0.4, 0.5) is 0 Å². The van der Waals surface area contributed by atoms with Crippen molar-refractivity contribution in [2.24, 2.45) is 0 Å². The van der Waals surface area contributed by atoms with Crippen LogP contribution in [-0.4, -0.2) is 39.1 Å². The van der Waals surface area contributed by atoms with Gasteiger partial charge in [0.25, 0.3) is 17.7 Å². The van der Waals surface area contributed by atoms with Crippen molar-refractivity contribution in [3.05, 3.63) is 101 Å². The summed E-state index contributed by atoms with van der Waals surface area (Å²) in [4.78, 5) is 47.5. The van der Waals surface area contributed by atoms with Crippen molar-refractivity contribution in [1.29, 1.82) is 0 Å². The van der Waals surface area contributed by atoms with E-state index in [-0.39, 0.29) is 29.3 Å². The zero-order valence-electron chi connectivity index (χ0n) is 18.0. The van der Waals surface area contributed by atoms with Gasteiger partial charge in [-0.05, 0) is 49.2 Å². The number of aromatic nitrogens is 2. The Morgan fingerprint density at radius 1 is 0.970 bits per heavy atom. The van der Waals surface area contributed by atoms with E-state index in [0.717, 1.165) is 16.6 Å². The van der Waals surface area contributed by atoms with E-state index in [1.165, 1.54) is 11.0 Å². The van der Waals surface area contributed by atoms with Gasteiger partial charge in [0.1, 0.15) is 5.82 Å². The first kappa shape index (κ1) is 20.6. The summed E-state index contributed by atoms with van der Waals surface area (Å²) in [5.74, 6) is -0.391. The standard InChI is InChI=1S/C26H22N4O3/c1-16(23-28-21-9-5-6-10-22(21)29-23)27-24(31)18-11-12-19-20(15-18)26(33)30(25(19)32)14-13-17-7-3-2-4-8-17/h2-12,15-16H,13-14H2,1H3,(H,27,31)(H,28,29). The van der Waals surface area contributed by atoms with Crippen LogP contribution in [0.15, 0.2) is 72.8 Å². The van der Waals surface area contributed by atoms with Gasteiger partial charge in [-0.2, -0.15) is 0 Å². The van der Waals surface area contributed by atoms with Gasteiger partial charge in [-0.25, -0.2) is 4.98 Å². The zero-order chi connectivity index (χ0) is 22.9. The SMILES string of the molecule is CC(NC(=O)c1ccc2c(c1)C(=O)N(CCc1ccccc1)C2=O)c1nc2ccccc2[nH]1. The zero-order valence-corrected chi connectivity index (χ0v) is 18.0. The number of benzene rings is 3. The van der Waals surface area contributed by atoms with Crippen molar-refractivity contribution in [3.63, 3.8) is 0 Å². The number of hydrogen-bond donors (Lipinski definition) is 2. The molecule has 1 atom stereocenters. The number of imidazole rings is 1. The molecule has 1 aliphatic rings. The molecule has 0 bridgehead atoms. The maximum absolute atomic E-state index is 12.9. The fraction of sp³-hybridized carbons (Fsp3) is 0.154. The van der Waals surface area contributed by atoms with E-state index in [4.69, 9.17) is 0 Å². The topological polar surface area (TPSA) is 95.2 Å². The van der Waals surface area contributed by atoms with Crippen LogP contribution >= 0.6 is 0 Å². The van der Waals surface area contributed by atoms with Crippen LogP contribution in [0, 0.1) is 0 Å². The molecule has 164 valence electrons. The van der Waals surface area contributed by atoms with Crippen molar-refractivity contribution >= 4 is 28.8 Å². The minimum absolute atomic E-state index is 0.261. The molecule has 3 amide bonds. The van der Waals surface area contributed by atoms with E-state index in [9.17, 15) is 14.4 Å². The van der Waals surface area contributed by atoms with E-state index < -0.39 is 0 Å². The van der Waals surface area contributed by atoms with Crippen molar-refractivity contribution in [3.8, 4) is 0 Å². The molecule has 7 nitrogen and oxygen atoms in total. The van der Waals surface area contributed by atoms with Crippen LogP contribution < -0.4 is 5.32 Å². The van der Waals surface area contributed by atoms with Gasteiger partial charge >= 0.3 is 0 Å². The number of nitrogens with zero attached hydrogens (tertiary/aromatic N) is 2. The minimum Gasteiger partial charge on any atom is -0.342 e. The smallest absolute Gasteiger partial charge is 0.261 e.